The molecule has 0 unspecified atom stereocenters. The molecule has 0 N–H and O–H groups in total. The molecule has 2 nitrogen and oxygen atoms in total. The van der Waals surface area contributed by atoms with Crippen LogP contribution < -0.4 is 0 Å². The molecule has 15 heavy (non-hydrogen) atoms. The Kier molecular flexibility index (Phi) is 1.81. The molecule has 0 aromatic heterocycles. The highest BCUT2D eigenvalue weighted by Crippen LogP contribution is 2.69. The lowest BCUT2D eigenvalue weighted by atomic mass is 9.89. The molecule has 3 fully saturated rings. The molecule has 0 amide bonds. The van der Waals surface area contributed by atoms with E-state index in [0.717, 1.165) is 19.4 Å². The molecule has 1 saturated carbocycles. The molecule has 2 atom stereocenters. The highest BCUT2D eigenvalue weighted by molar-refractivity contribution is 5.22. The van der Waals surface area contributed by atoms with E-state index < -0.39 is 11.3 Å². The van der Waals surface area contributed by atoms with Crippen LogP contribution in [0.15, 0.2) is 0 Å². The first-order valence-electron chi connectivity index (χ1n) is 5.66. The van der Waals surface area contributed by atoms with Gasteiger partial charge < -0.3 is 4.74 Å². The number of alkyl halides is 2. The van der Waals surface area contributed by atoms with Crippen LogP contribution in [0.1, 0.15) is 25.7 Å². The first-order valence-corrected chi connectivity index (χ1v) is 5.66. The molecule has 86 valence electrons. The minimum Gasteiger partial charge on any atom is -0.383 e. The third-order valence-corrected chi connectivity index (χ3v) is 4.53. The molecule has 2 saturated heterocycles. The van der Waals surface area contributed by atoms with E-state index in [1.165, 1.54) is 0 Å². The lowest BCUT2D eigenvalue weighted by Gasteiger charge is -2.30. The van der Waals surface area contributed by atoms with Crippen molar-refractivity contribution >= 4 is 0 Å². The summed E-state index contributed by atoms with van der Waals surface area (Å²) in [5.74, 6) is -2.40. The van der Waals surface area contributed by atoms with Gasteiger partial charge in [0.2, 0.25) is 0 Å². The van der Waals surface area contributed by atoms with Crippen molar-refractivity contribution < 1.29 is 13.5 Å². The Morgan fingerprint density at radius 1 is 1.33 bits per heavy atom. The van der Waals surface area contributed by atoms with Gasteiger partial charge in [0.1, 0.15) is 0 Å². The lowest BCUT2D eigenvalue weighted by molar-refractivity contribution is 0.0581. The van der Waals surface area contributed by atoms with Gasteiger partial charge >= 0.3 is 0 Å². The van der Waals surface area contributed by atoms with Gasteiger partial charge in [-0.05, 0) is 25.8 Å². The highest BCUT2D eigenvalue weighted by atomic mass is 19.3. The summed E-state index contributed by atoms with van der Waals surface area (Å²) in [5.41, 5.74) is -0.749. The van der Waals surface area contributed by atoms with E-state index in [9.17, 15) is 8.78 Å². The molecule has 3 aliphatic rings. The Balaban J connectivity index is 1.83. The summed E-state index contributed by atoms with van der Waals surface area (Å²) in [6, 6.07) is 0. The van der Waals surface area contributed by atoms with Gasteiger partial charge in [-0.3, -0.25) is 4.90 Å². The van der Waals surface area contributed by atoms with Gasteiger partial charge in [0.15, 0.2) is 0 Å². The zero-order chi connectivity index (χ0) is 10.7. The van der Waals surface area contributed by atoms with Crippen molar-refractivity contribution in [3.63, 3.8) is 0 Å². The molecule has 0 bridgehead atoms. The van der Waals surface area contributed by atoms with Crippen molar-refractivity contribution in [3.05, 3.63) is 0 Å². The molecule has 0 radical (unpaired) electrons. The van der Waals surface area contributed by atoms with Crippen molar-refractivity contribution in [2.24, 2.45) is 5.41 Å². The first kappa shape index (κ1) is 9.97. The molecule has 0 aromatic carbocycles. The second-order valence-electron chi connectivity index (χ2n) is 5.52. The predicted octanol–water partition coefficient (Wildman–Crippen LogP) is 1.90. The largest absolute Gasteiger partial charge is 0.383 e. The van der Waals surface area contributed by atoms with Crippen LogP contribution in [0.2, 0.25) is 0 Å². The van der Waals surface area contributed by atoms with Gasteiger partial charge in [-0.25, -0.2) is 8.78 Å². The number of halogens is 2. The van der Waals surface area contributed by atoms with E-state index in [1.807, 2.05) is 0 Å². The van der Waals surface area contributed by atoms with Crippen LogP contribution in [-0.2, 0) is 4.74 Å². The van der Waals surface area contributed by atoms with Gasteiger partial charge in [0.25, 0.3) is 5.92 Å². The van der Waals surface area contributed by atoms with E-state index in [1.54, 1.807) is 7.11 Å². The van der Waals surface area contributed by atoms with E-state index in [4.69, 9.17) is 4.74 Å². The Labute approximate surface area is 88.6 Å². The van der Waals surface area contributed by atoms with Crippen LogP contribution in [0, 0.1) is 5.41 Å². The zero-order valence-corrected chi connectivity index (χ0v) is 9.06. The molecule has 3 rings (SSSR count). The van der Waals surface area contributed by atoms with Crippen LogP contribution >= 0.6 is 0 Å². The van der Waals surface area contributed by atoms with Crippen LogP contribution in [0.5, 0.6) is 0 Å². The number of methoxy groups -OCH3 is 1. The minimum absolute atomic E-state index is 0.0608. The van der Waals surface area contributed by atoms with Crippen molar-refractivity contribution in [1.82, 2.24) is 4.90 Å². The fraction of sp³-hybridized carbons (Fsp3) is 1.00. The van der Waals surface area contributed by atoms with Crippen LogP contribution in [0.4, 0.5) is 8.78 Å². The van der Waals surface area contributed by atoms with Crippen molar-refractivity contribution in [2.45, 2.75) is 37.1 Å². The Morgan fingerprint density at radius 3 is 2.67 bits per heavy atom. The third kappa shape index (κ3) is 1.15. The molecular formula is C11H17F2NO. The van der Waals surface area contributed by atoms with Gasteiger partial charge in [0.05, 0.1) is 12.0 Å². The number of nitrogens with zero attached hydrogens (tertiary/aromatic N) is 1. The van der Waals surface area contributed by atoms with Gasteiger partial charge in [-0.15, -0.1) is 0 Å². The van der Waals surface area contributed by atoms with Crippen molar-refractivity contribution in [3.8, 4) is 0 Å². The standard InChI is InChI=1S/C11H17F2NO/c1-15-8-10-3-2-4-14(10)7-9(5-10)6-11(9,12)13/h2-8H2,1H3/t9-,10-/m0/s1. The molecular weight excluding hydrogens is 200 g/mol. The summed E-state index contributed by atoms with van der Waals surface area (Å²) in [6.45, 7) is 2.18. The van der Waals surface area contributed by atoms with Crippen LogP contribution in [0.25, 0.3) is 0 Å². The summed E-state index contributed by atoms with van der Waals surface area (Å²) in [7, 11) is 1.67. The van der Waals surface area contributed by atoms with E-state index >= 15 is 0 Å². The molecule has 4 heteroatoms. The maximum Gasteiger partial charge on any atom is 0.255 e. The SMILES string of the molecule is COC[C@@]12CCCN1C[C@@]1(CC1(F)F)C2. The van der Waals surface area contributed by atoms with Crippen molar-refractivity contribution in [1.29, 1.82) is 0 Å². The second kappa shape index (κ2) is 2.72. The summed E-state index contributed by atoms with van der Waals surface area (Å²) in [4.78, 5) is 2.25. The number of ether oxygens (including phenoxy) is 1. The van der Waals surface area contributed by atoms with Gasteiger partial charge in [0, 0.05) is 25.6 Å². The third-order valence-electron chi connectivity index (χ3n) is 4.53. The number of hydrogen-bond acceptors (Lipinski definition) is 2. The highest BCUT2D eigenvalue weighted by Gasteiger charge is 2.76. The Hall–Kier alpha value is -0.220. The zero-order valence-electron chi connectivity index (χ0n) is 9.06. The molecule has 1 aliphatic carbocycles. The summed E-state index contributed by atoms with van der Waals surface area (Å²) in [5, 5.41) is 0. The minimum atomic E-state index is -2.40. The number of rotatable bonds is 2. The van der Waals surface area contributed by atoms with E-state index in [2.05, 4.69) is 4.90 Å². The second-order valence-corrected chi connectivity index (χ2v) is 5.52. The number of fused-ring (bicyclic) bond motifs is 1. The van der Waals surface area contributed by atoms with Crippen LogP contribution in [-0.4, -0.2) is 43.2 Å². The fourth-order valence-electron chi connectivity index (χ4n) is 3.72. The predicted molar refractivity (Wildman–Crippen MR) is 52.0 cm³/mol. The van der Waals surface area contributed by atoms with Crippen LogP contribution in [0.3, 0.4) is 0 Å². The topological polar surface area (TPSA) is 12.5 Å². The Bertz CT molecular complexity index is 296. The number of hydrogen-bond donors (Lipinski definition) is 0. The maximum atomic E-state index is 13.3. The normalized spacial score (nSPS) is 47.4. The van der Waals surface area contributed by atoms with Gasteiger partial charge in [-0.1, -0.05) is 0 Å². The summed E-state index contributed by atoms with van der Waals surface area (Å²) >= 11 is 0. The van der Waals surface area contributed by atoms with Gasteiger partial charge in [-0.2, -0.15) is 0 Å². The van der Waals surface area contributed by atoms with Crippen molar-refractivity contribution in [2.75, 3.05) is 26.8 Å². The molecule has 2 aliphatic heterocycles. The lowest BCUT2D eigenvalue weighted by Crippen LogP contribution is -2.42. The average Bonchev–Trinajstić information content (AvgIpc) is 2.43. The summed E-state index contributed by atoms with van der Waals surface area (Å²) < 4.78 is 31.9. The summed E-state index contributed by atoms with van der Waals surface area (Å²) in [6.07, 6.45) is 2.90. The Morgan fingerprint density at radius 2 is 2.07 bits per heavy atom. The fourth-order valence-corrected chi connectivity index (χ4v) is 3.72. The van der Waals surface area contributed by atoms with E-state index in [-0.39, 0.29) is 12.0 Å². The molecule has 1 spiro atoms. The average molecular weight is 217 g/mol. The maximum absolute atomic E-state index is 13.3. The smallest absolute Gasteiger partial charge is 0.255 e. The van der Waals surface area contributed by atoms with E-state index in [0.29, 0.717) is 19.6 Å². The molecule has 0 aromatic rings. The molecule has 2 heterocycles. The monoisotopic (exact) mass is 217 g/mol. The first-order chi connectivity index (χ1) is 7.04. The quantitative estimate of drug-likeness (QED) is 0.700.